The molecule has 0 aliphatic rings. The van der Waals surface area contributed by atoms with Crippen molar-refractivity contribution in [2.45, 2.75) is 23.1 Å². The summed E-state index contributed by atoms with van der Waals surface area (Å²) in [5.74, 6) is 0.729. The second-order valence-electron chi connectivity index (χ2n) is 7.38. The predicted molar refractivity (Wildman–Crippen MR) is 139 cm³/mol. The van der Waals surface area contributed by atoms with E-state index in [0.29, 0.717) is 18.0 Å². The highest BCUT2D eigenvalue weighted by Gasteiger charge is 2.15. The van der Waals surface area contributed by atoms with Crippen molar-refractivity contribution in [1.82, 2.24) is 4.98 Å². The molecule has 0 unspecified atom stereocenters. The zero-order valence-electron chi connectivity index (χ0n) is 18.6. The van der Waals surface area contributed by atoms with Crippen LogP contribution in [-0.4, -0.2) is 31.7 Å². The van der Waals surface area contributed by atoms with Gasteiger partial charge < -0.3 is 10.1 Å². The summed E-state index contributed by atoms with van der Waals surface area (Å²) in [6.45, 7) is 4.37. The van der Waals surface area contributed by atoms with Crippen LogP contribution >= 0.6 is 23.1 Å². The minimum Gasteiger partial charge on any atom is -0.494 e. The summed E-state index contributed by atoms with van der Waals surface area (Å²) < 4.78 is 35.0. The third kappa shape index (κ3) is 6.07. The van der Waals surface area contributed by atoms with Gasteiger partial charge in [0, 0.05) is 5.69 Å². The van der Waals surface area contributed by atoms with E-state index >= 15 is 0 Å². The molecule has 1 heterocycles. The summed E-state index contributed by atoms with van der Waals surface area (Å²) >= 11 is 2.75. The number of amides is 1. The van der Waals surface area contributed by atoms with Gasteiger partial charge in [0.25, 0.3) is 10.0 Å². The third-order valence-corrected chi connectivity index (χ3v) is 8.29. The maximum Gasteiger partial charge on any atom is 0.261 e. The van der Waals surface area contributed by atoms with E-state index < -0.39 is 10.0 Å². The fraction of sp³-hybridized carbons (Fsp3) is 0.167. The number of benzene rings is 3. The van der Waals surface area contributed by atoms with E-state index in [2.05, 4.69) is 15.0 Å². The Morgan fingerprint density at radius 2 is 1.74 bits per heavy atom. The normalized spacial score (nSPS) is 11.4. The average molecular weight is 514 g/mol. The molecule has 176 valence electrons. The number of sulfonamides is 1. The van der Waals surface area contributed by atoms with Gasteiger partial charge in [-0.2, -0.15) is 0 Å². The molecule has 0 atom stereocenters. The molecule has 1 aromatic heterocycles. The number of carbonyl (C=O) groups is 1. The van der Waals surface area contributed by atoms with Crippen LogP contribution in [0.3, 0.4) is 0 Å². The Labute approximate surface area is 206 Å². The van der Waals surface area contributed by atoms with Crippen LogP contribution in [0.2, 0.25) is 0 Å². The second-order valence-corrected chi connectivity index (χ2v) is 11.3. The molecule has 34 heavy (non-hydrogen) atoms. The highest BCUT2D eigenvalue weighted by molar-refractivity contribution is 8.01. The molecule has 0 saturated carbocycles. The van der Waals surface area contributed by atoms with Crippen molar-refractivity contribution >= 4 is 60.6 Å². The van der Waals surface area contributed by atoms with Crippen molar-refractivity contribution in [2.24, 2.45) is 0 Å². The molecule has 4 aromatic rings. The summed E-state index contributed by atoms with van der Waals surface area (Å²) in [6.07, 6.45) is 0. The topological polar surface area (TPSA) is 97.4 Å². The lowest BCUT2D eigenvalue weighted by Gasteiger charge is -2.09. The first-order valence-corrected chi connectivity index (χ1v) is 13.8. The number of aryl methyl sites for hydroxylation is 1. The highest BCUT2D eigenvalue weighted by Crippen LogP contribution is 2.32. The van der Waals surface area contributed by atoms with Gasteiger partial charge in [-0.15, -0.1) is 11.3 Å². The Bertz CT molecular complexity index is 1400. The molecule has 10 heteroatoms. The first kappa shape index (κ1) is 24.1. The van der Waals surface area contributed by atoms with E-state index in [1.165, 1.54) is 35.2 Å². The Morgan fingerprint density at radius 3 is 2.44 bits per heavy atom. The summed E-state index contributed by atoms with van der Waals surface area (Å²) in [4.78, 5) is 16.9. The summed E-state index contributed by atoms with van der Waals surface area (Å²) in [7, 11) is -3.74. The zero-order valence-corrected chi connectivity index (χ0v) is 21.0. The lowest BCUT2D eigenvalue weighted by Crippen LogP contribution is -2.13. The van der Waals surface area contributed by atoms with Crippen LogP contribution in [0.5, 0.6) is 5.75 Å². The number of nitrogens with one attached hydrogen (secondary N) is 2. The number of rotatable bonds is 9. The van der Waals surface area contributed by atoms with Crippen molar-refractivity contribution in [1.29, 1.82) is 0 Å². The molecule has 4 rings (SSSR count). The molecule has 7 nitrogen and oxygen atoms in total. The Morgan fingerprint density at radius 1 is 1.03 bits per heavy atom. The Kier molecular flexibility index (Phi) is 7.40. The lowest BCUT2D eigenvalue weighted by atomic mass is 10.2. The molecule has 0 aliphatic heterocycles. The van der Waals surface area contributed by atoms with Crippen molar-refractivity contribution < 1.29 is 17.9 Å². The molecule has 0 bridgehead atoms. The van der Waals surface area contributed by atoms with E-state index in [4.69, 9.17) is 4.74 Å². The van der Waals surface area contributed by atoms with Crippen LogP contribution in [0, 0.1) is 6.92 Å². The van der Waals surface area contributed by atoms with Crippen LogP contribution in [0.1, 0.15) is 12.5 Å². The molecule has 3 aromatic carbocycles. The van der Waals surface area contributed by atoms with Gasteiger partial charge in [-0.25, -0.2) is 13.4 Å². The van der Waals surface area contributed by atoms with Crippen molar-refractivity contribution in [3.8, 4) is 5.75 Å². The van der Waals surface area contributed by atoms with Crippen LogP contribution in [0.4, 0.5) is 11.4 Å². The number of thiazole rings is 1. The van der Waals surface area contributed by atoms with Gasteiger partial charge in [-0.3, -0.25) is 9.52 Å². The van der Waals surface area contributed by atoms with Gasteiger partial charge in [-0.1, -0.05) is 29.5 Å². The van der Waals surface area contributed by atoms with E-state index in [9.17, 15) is 13.2 Å². The first-order valence-electron chi connectivity index (χ1n) is 10.5. The molecule has 0 aliphatic carbocycles. The van der Waals surface area contributed by atoms with E-state index in [1.54, 1.807) is 30.3 Å². The van der Waals surface area contributed by atoms with Crippen LogP contribution in [0.15, 0.2) is 76.0 Å². The monoisotopic (exact) mass is 513 g/mol. The van der Waals surface area contributed by atoms with Gasteiger partial charge in [0.05, 0.1) is 33.2 Å². The number of ether oxygens (including phenoxy) is 1. The second kappa shape index (κ2) is 10.5. The average Bonchev–Trinajstić information content (AvgIpc) is 3.22. The number of carbonyl (C=O) groups excluding carboxylic acids is 1. The van der Waals surface area contributed by atoms with Crippen molar-refractivity contribution in [3.63, 3.8) is 0 Å². The molecule has 0 radical (unpaired) electrons. The fourth-order valence-electron chi connectivity index (χ4n) is 3.09. The van der Waals surface area contributed by atoms with E-state index in [1.807, 2.05) is 38.1 Å². The number of aromatic nitrogens is 1. The van der Waals surface area contributed by atoms with Gasteiger partial charge in [-0.05, 0) is 68.4 Å². The predicted octanol–water partition coefficient (Wildman–Crippen LogP) is 5.54. The number of fused-ring (bicyclic) bond motifs is 1. The third-order valence-electron chi connectivity index (χ3n) is 4.73. The number of nitrogens with zero attached hydrogens (tertiary/aromatic N) is 1. The molecular weight excluding hydrogens is 490 g/mol. The minimum absolute atomic E-state index is 0.114. The van der Waals surface area contributed by atoms with E-state index in [0.717, 1.165) is 25.8 Å². The number of hydrogen-bond acceptors (Lipinski definition) is 7. The lowest BCUT2D eigenvalue weighted by molar-refractivity contribution is -0.113. The van der Waals surface area contributed by atoms with Crippen molar-refractivity contribution in [2.75, 3.05) is 22.4 Å². The van der Waals surface area contributed by atoms with Gasteiger partial charge >= 0.3 is 0 Å². The zero-order chi connectivity index (χ0) is 24.1. The van der Waals surface area contributed by atoms with Gasteiger partial charge in [0.15, 0.2) is 4.34 Å². The number of thioether (sulfide) groups is 1. The molecular formula is C24H23N3O4S3. The Hall–Kier alpha value is -3.08. The van der Waals surface area contributed by atoms with Gasteiger partial charge in [0.1, 0.15) is 5.75 Å². The van der Waals surface area contributed by atoms with Gasteiger partial charge in [0.2, 0.25) is 5.91 Å². The fourth-order valence-corrected chi connectivity index (χ4v) is 6.04. The summed E-state index contributed by atoms with van der Waals surface area (Å²) in [5.41, 5.74) is 3.07. The molecule has 1 amide bonds. The largest absolute Gasteiger partial charge is 0.494 e. The van der Waals surface area contributed by atoms with Crippen LogP contribution < -0.4 is 14.8 Å². The number of hydrogen-bond donors (Lipinski definition) is 2. The van der Waals surface area contributed by atoms with Crippen molar-refractivity contribution in [3.05, 3.63) is 72.3 Å². The van der Waals surface area contributed by atoms with Crippen LogP contribution in [-0.2, 0) is 14.8 Å². The summed E-state index contributed by atoms with van der Waals surface area (Å²) in [6, 6.07) is 19.1. The van der Waals surface area contributed by atoms with Crippen LogP contribution in [0.25, 0.3) is 10.2 Å². The molecule has 0 saturated heterocycles. The number of anilines is 2. The minimum atomic E-state index is -3.74. The molecule has 0 spiro atoms. The Balaban J connectivity index is 1.40. The SMILES string of the molecule is CCOc1ccc(S(=O)(=O)Nc2ccc3nc(SCC(=O)Nc4ccc(C)cc4)sc3c2)cc1. The first-order chi connectivity index (χ1) is 16.3. The molecule has 0 fully saturated rings. The van der Waals surface area contributed by atoms with E-state index in [-0.39, 0.29) is 16.6 Å². The maximum atomic E-state index is 12.7. The summed E-state index contributed by atoms with van der Waals surface area (Å²) in [5, 5.41) is 2.87. The smallest absolute Gasteiger partial charge is 0.261 e. The quantitative estimate of drug-likeness (QED) is 0.286. The highest BCUT2D eigenvalue weighted by atomic mass is 32.2. The maximum absolute atomic E-state index is 12.7. The molecule has 2 N–H and O–H groups in total. The standard InChI is InChI=1S/C24H23N3O4S3/c1-3-31-19-9-11-20(12-10-19)34(29,30)27-18-8-13-21-22(14-18)33-24(26-21)32-15-23(28)25-17-6-4-16(2)5-7-17/h4-14,27H,3,15H2,1-2H3,(H,25,28).